The van der Waals surface area contributed by atoms with Gasteiger partial charge in [-0.1, -0.05) is 11.3 Å². The first kappa shape index (κ1) is 12.4. The number of pyridine rings is 1. The average molecular weight is 266 g/mol. The van der Waals surface area contributed by atoms with Crippen molar-refractivity contribution in [3.05, 3.63) is 40.3 Å². The summed E-state index contributed by atoms with van der Waals surface area (Å²) in [6.07, 6.45) is 2.51. The molecule has 2 aromatic heterocycles. The average Bonchev–Trinajstić information content (AvgIpc) is 2.78. The van der Waals surface area contributed by atoms with E-state index in [0.29, 0.717) is 27.0 Å². The maximum absolute atomic E-state index is 11.8. The van der Waals surface area contributed by atoms with Crippen LogP contribution in [0.25, 0.3) is 0 Å². The molecule has 2 heterocycles. The summed E-state index contributed by atoms with van der Waals surface area (Å²) >= 11 is 1.24. The molecule has 0 fully saturated rings. The number of carbonyl (C=O) groups excluding carboxylic acids is 1. The molecule has 0 aliphatic carbocycles. The molecule has 94 valence electrons. The number of rotatable bonds is 4. The highest BCUT2D eigenvalue weighted by molar-refractivity contribution is 7.15. The predicted octanol–water partition coefficient (Wildman–Crippen LogP) is 0.570. The number of aromatic nitrogens is 3. The van der Waals surface area contributed by atoms with Crippen LogP contribution < -0.4 is 10.0 Å². The molecule has 2 aromatic rings. The molecule has 0 spiro atoms. The molecule has 0 aromatic carbocycles. The van der Waals surface area contributed by atoms with Crippen molar-refractivity contribution in [2.45, 2.75) is 6.61 Å². The Balaban J connectivity index is 2.04. The van der Waals surface area contributed by atoms with Gasteiger partial charge in [-0.05, 0) is 0 Å². The molecule has 0 atom stereocenters. The summed E-state index contributed by atoms with van der Waals surface area (Å²) in [6, 6.07) is 2.86. The molecule has 0 unspecified atom stereocenters. The Morgan fingerprint density at radius 1 is 1.50 bits per heavy atom. The summed E-state index contributed by atoms with van der Waals surface area (Å²) in [5.74, 6) is -0.337. The predicted molar refractivity (Wildman–Crippen MR) is 64.0 cm³/mol. The summed E-state index contributed by atoms with van der Waals surface area (Å²) in [5, 5.41) is 22.1. The maximum Gasteiger partial charge on any atom is 0.257 e. The lowest BCUT2D eigenvalue weighted by Gasteiger charge is -2.00. The van der Waals surface area contributed by atoms with Gasteiger partial charge in [0.25, 0.3) is 5.91 Å². The van der Waals surface area contributed by atoms with E-state index in [-0.39, 0.29) is 5.91 Å². The molecular formula is C10H10N4O3S. The van der Waals surface area contributed by atoms with Crippen molar-refractivity contribution in [1.82, 2.24) is 10.2 Å². The Bertz CT molecular complexity index is 540. The maximum atomic E-state index is 11.8. The molecule has 1 amide bonds. The number of hydrogen-bond donors (Lipinski definition) is 1. The summed E-state index contributed by atoms with van der Waals surface area (Å²) in [7, 11) is 1.56. The van der Waals surface area contributed by atoms with Crippen LogP contribution in [0.1, 0.15) is 15.4 Å². The van der Waals surface area contributed by atoms with E-state index < -0.39 is 0 Å². The van der Waals surface area contributed by atoms with Gasteiger partial charge in [-0.15, -0.1) is 10.2 Å². The van der Waals surface area contributed by atoms with E-state index in [4.69, 9.17) is 4.74 Å². The highest BCUT2D eigenvalue weighted by Crippen LogP contribution is 2.16. The number of amides is 1. The lowest BCUT2D eigenvalue weighted by Crippen LogP contribution is -2.25. The number of nitrogens with one attached hydrogen (secondary N) is 1. The van der Waals surface area contributed by atoms with Gasteiger partial charge in [0.15, 0.2) is 12.4 Å². The zero-order valence-electron chi connectivity index (χ0n) is 9.49. The van der Waals surface area contributed by atoms with Gasteiger partial charge in [0, 0.05) is 19.2 Å². The summed E-state index contributed by atoms with van der Waals surface area (Å²) in [4.78, 5) is 11.8. The van der Waals surface area contributed by atoms with E-state index in [1.54, 1.807) is 7.11 Å². The van der Waals surface area contributed by atoms with E-state index in [0.717, 1.165) is 0 Å². The number of methoxy groups -OCH3 is 1. The number of anilines is 1. The van der Waals surface area contributed by atoms with Gasteiger partial charge >= 0.3 is 0 Å². The van der Waals surface area contributed by atoms with Crippen LogP contribution in [0, 0.1) is 5.21 Å². The SMILES string of the molecule is COCc1nnc(NC(=O)c2cc[n+]([O-])cc2)s1. The van der Waals surface area contributed by atoms with Gasteiger partial charge in [-0.3, -0.25) is 10.1 Å². The number of carbonyl (C=O) groups is 1. The van der Waals surface area contributed by atoms with Crippen LogP contribution in [0.3, 0.4) is 0 Å². The third kappa shape index (κ3) is 2.99. The largest absolute Gasteiger partial charge is 0.619 e. The second-order valence-corrected chi connectivity index (χ2v) is 4.40. The Morgan fingerprint density at radius 3 is 2.89 bits per heavy atom. The van der Waals surface area contributed by atoms with Crippen molar-refractivity contribution in [2.75, 3.05) is 12.4 Å². The van der Waals surface area contributed by atoms with Gasteiger partial charge in [0.1, 0.15) is 11.6 Å². The highest BCUT2D eigenvalue weighted by atomic mass is 32.1. The number of ether oxygens (including phenoxy) is 1. The van der Waals surface area contributed by atoms with Crippen molar-refractivity contribution < 1.29 is 14.3 Å². The molecule has 0 aliphatic heterocycles. The minimum absolute atomic E-state index is 0.337. The van der Waals surface area contributed by atoms with Gasteiger partial charge in [-0.25, -0.2) is 0 Å². The molecule has 1 N–H and O–H groups in total. The molecule has 0 aliphatic rings. The van der Waals surface area contributed by atoms with Crippen LogP contribution in [-0.4, -0.2) is 23.2 Å². The highest BCUT2D eigenvalue weighted by Gasteiger charge is 2.10. The minimum Gasteiger partial charge on any atom is -0.619 e. The first-order chi connectivity index (χ1) is 8.69. The van der Waals surface area contributed by atoms with Crippen molar-refractivity contribution in [1.29, 1.82) is 0 Å². The number of hydrogen-bond acceptors (Lipinski definition) is 6. The van der Waals surface area contributed by atoms with Crippen molar-refractivity contribution in [3.63, 3.8) is 0 Å². The molecule has 8 heteroatoms. The molecule has 0 radical (unpaired) electrons. The van der Waals surface area contributed by atoms with E-state index in [1.165, 1.54) is 35.9 Å². The Morgan fingerprint density at radius 2 is 2.22 bits per heavy atom. The van der Waals surface area contributed by atoms with Crippen LogP contribution in [0.5, 0.6) is 0 Å². The van der Waals surface area contributed by atoms with Crippen LogP contribution in [0.4, 0.5) is 5.13 Å². The van der Waals surface area contributed by atoms with E-state index in [9.17, 15) is 10.0 Å². The van der Waals surface area contributed by atoms with Gasteiger partial charge in [-0.2, -0.15) is 4.73 Å². The fourth-order valence-corrected chi connectivity index (χ4v) is 1.93. The Hall–Kier alpha value is -2.06. The first-order valence-electron chi connectivity index (χ1n) is 5.00. The third-order valence-electron chi connectivity index (χ3n) is 2.02. The minimum atomic E-state index is -0.337. The quantitative estimate of drug-likeness (QED) is 0.645. The normalized spacial score (nSPS) is 10.3. The van der Waals surface area contributed by atoms with Crippen LogP contribution >= 0.6 is 11.3 Å². The monoisotopic (exact) mass is 266 g/mol. The topological polar surface area (TPSA) is 91.1 Å². The second-order valence-electron chi connectivity index (χ2n) is 3.33. The van der Waals surface area contributed by atoms with Crippen molar-refractivity contribution in [2.24, 2.45) is 0 Å². The fraction of sp³-hybridized carbons (Fsp3) is 0.200. The lowest BCUT2D eigenvalue weighted by atomic mass is 10.2. The summed E-state index contributed by atoms with van der Waals surface area (Å²) in [5.41, 5.74) is 0.380. The Labute approximate surface area is 107 Å². The molecule has 0 saturated carbocycles. The van der Waals surface area contributed by atoms with Gasteiger partial charge in [0.2, 0.25) is 5.13 Å². The van der Waals surface area contributed by atoms with Crippen LogP contribution in [-0.2, 0) is 11.3 Å². The van der Waals surface area contributed by atoms with E-state index in [2.05, 4.69) is 15.5 Å². The molecule has 0 bridgehead atoms. The van der Waals surface area contributed by atoms with E-state index >= 15 is 0 Å². The zero-order chi connectivity index (χ0) is 13.0. The van der Waals surface area contributed by atoms with Crippen LogP contribution in [0.15, 0.2) is 24.5 Å². The Kier molecular flexibility index (Phi) is 3.80. The standard InChI is InChI=1S/C10H10N4O3S/c1-17-6-8-12-13-10(18-8)11-9(15)7-2-4-14(16)5-3-7/h2-5H,6H2,1H3,(H,11,13,15). The smallest absolute Gasteiger partial charge is 0.257 e. The van der Waals surface area contributed by atoms with Gasteiger partial charge < -0.3 is 9.94 Å². The molecule has 7 nitrogen and oxygen atoms in total. The molecular weight excluding hydrogens is 256 g/mol. The third-order valence-corrected chi connectivity index (χ3v) is 2.83. The summed E-state index contributed by atoms with van der Waals surface area (Å²) < 4.78 is 5.51. The molecule has 18 heavy (non-hydrogen) atoms. The molecule has 2 rings (SSSR count). The molecule has 0 saturated heterocycles. The van der Waals surface area contributed by atoms with Crippen molar-refractivity contribution >= 4 is 22.4 Å². The van der Waals surface area contributed by atoms with Crippen molar-refractivity contribution in [3.8, 4) is 0 Å². The fourth-order valence-electron chi connectivity index (χ4n) is 1.22. The second kappa shape index (κ2) is 5.52. The first-order valence-corrected chi connectivity index (χ1v) is 5.82. The zero-order valence-corrected chi connectivity index (χ0v) is 10.3. The summed E-state index contributed by atoms with van der Waals surface area (Å²) in [6.45, 7) is 0.356. The van der Waals surface area contributed by atoms with Crippen LogP contribution in [0.2, 0.25) is 0 Å². The number of nitrogens with zero attached hydrogens (tertiary/aromatic N) is 3. The lowest BCUT2D eigenvalue weighted by molar-refractivity contribution is -0.605. The van der Waals surface area contributed by atoms with Gasteiger partial charge in [0.05, 0.1) is 5.56 Å². The van der Waals surface area contributed by atoms with E-state index in [1.807, 2.05) is 0 Å².